The maximum absolute atomic E-state index is 13.2. The number of aliphatic hydroxyl groups is 1. The minimum Gasteiger partial charge on any atom is -0.439 e. The molecule has 6 rings (SSSR count). The van der Waals surface area contributed by atoms with Crippen molar-refractivity contribution in [3.05, 3.63) is 102 Å². The van der Waals surface area contributed by atoms with E-state index in [1.54, 1.807) is 18.3 Å². The molecule has 1 aliphatic heterocycles. The highest BCUT2D eigenvalue weighted by molar-refractivity contribution is 6.13. The fourth-order valence-corrected chi connectivity index (χ4v) is 4.89. The summed E-state index contributed by atoms with van der Waals surface area (Å²) < 4.78 is 18.7. The number of halogens is 1. The van der Waals surface area contributed by atoms with Crippen LogP contribution < -0.4 is 10.1 Å². The van der Waals surface area contributed by atoms with Crippen LogP contribution in [0, 0.1) is 5.82 Å². The average Bonchev–Trinajstić information content (AvgIpc) is 3.40. The number of rotatable bonds is 7. The number of hydrogen-bond acceptors (Lipinski definition) is 6. The van der Waals surface area contributed by atoms with Crippen molar-refractivity contribution >= 4 is 22.5 Å². The second-order valence-corrected chi connectivity index (χ2v) is 9.95. The maximum Gasteiger partial charge on any atom is 0.257 e. The number of nitrogens with one attached hydrogen (secondary N) is 2. The van der Waals surface area contributed by atoms with E-state index < -0.39 is 0 Å². The van der Waals surface area contributed by atoms with Crippen LogP contribution in [0.4, 0.5) is 10.1 Å². The molecule has 5 aromatic rings. The third-order valence-corrected chi connectivity index (χ3v) is 7.05. The van der Waals surface area contributed by atoms with Gasteiger partial charge >= 0.3 is 0 Å². The van der Waals surface area contributed by atoms with Crippen molar-refractivity contribution in [2.45, 2.75) is 25.5 Å². The van der Waals surface area contributed by atoms with E-state index >= 15 is 0 Å². The van der Waals surface area contributed by atoms with Crippen molar-refractivity contribution in [2.24, 2.45) is 0 Å². The maximum atomic E-state index is 13.2. The molecule has 0 aliphatic carbocycles. The highest BCUT2D eigenvalue weighted by atomic mass is 19.1. The van der Waals surface area contributed by atoms with Gasteiger partial charge in [-0.2, -0.15) is 0 Å². The summed E-state index contributed by atoms with van der Waals surface area (Å²) in [5.41, 5.74) is 4.94. The van der Waals surface area contributed by atoms with E-state index in [1.807, 2.05) is 30.6 Å². The highest BCUT2D eigenvalue weighted by Crippen LogP contribution is 2.28. The largest absolute Gasteiger partial charge is 0.439 e. The van der Waals surface area contributed by atoms with Crippen LogP contribution >= 0.6 is 0 Å². The molecule has 1 fully saturated rings. The van der Waals surface area contributed by atoms with Crippen LogP contribution in [0.5, 0.6) is 11.6 Å². The molecular weight excluding hydrogens is 509 g/mol. The topological polar surface area (TPSA) is 103 Å². The summed E-state index contributed by atoms with van der Waals surface area (Å²) in [5, 5.41) is 13.5. The standard InChI is InChI=1S/C31H28FN5O3/c32-23-2-5-26(6-3-23)40-30-8-4-24(17-35-30)36-31(39)28-18-34-29-7-1-21(14-27(28)29)22-13-20(15-33-16-22)19-37-11-9-25(38)10-12-37/h1-8,13-18,25,34,38H,9-12,19H2,(H,36,39). The second kappa shape index (κ2) is 11.3. The predicted octanol–water partition coefficient (Wildman–Crippen LogP) is 5.77. The van der Waals surface area contributed by atoms with Gasteiger partial charge in [-0.15, -0.1) is 0 Å². The van der Waals surface area contributed by atoms with E-state index in [1.165, 1.54) is 30.5 Å². The summed E-state index contributed by atoms with van der Waals surface area (Å²) >= 11 is 0. The number of amides is 1. The molecule has 1 aliphatic rings. The third-order valence-electron chi connectivity index (χ3n) is 7.05. The zero-order chi connectivity index (χ0) is 27.5. The van der Waals surface area contributed by atoms with Gasteiger partial charge in [0.15, 0.2) is 0 Å². The third kappa shape index (κ3) is 5.85. The Morgan fingerprint density at radius 1 is 1.02 bits per heavy atom. The zero-order valence-corrected chi connectivity index (χ0v) is 21.7. The van der Waals surface area contributed by atoms with Gasteiger partial charge in [0.1, 0.15) is 11.6 Å². The number of nitrogens with zero attached hydrogens (tertiary/aromatic N) is 3. The van der Waals surface area contributed by atoms with Gasteiger partial charge in [0.05, 0.1) is 23.6 Å². The molecule has 4 heterocycles. The van der Waals surface area contributed by atoms with Gasteiger partial charge in [-0.3, -0.25) is 14.7 Å². The minimum atomic E-state index is -0.344. The van der Waals surface area contributed by atoms with Crippen LogP contribution in [0.3, 0.4) is 0 Å². The number of likely N-dealkylation sites (tertiary alicyclic amines) is 1. The number of piperidine rings is 1. The summed E-state index contributed by atoms with van der Waals surface area (Å²) in [5.74, 6) is 0.182. The smallest absolute Gasteiger partial charge is 0.257 e. The Kier molecular flexibility index (Phi) is 7.22. The van der Waals surface area contributed by atoms with Crippen molar-refractivity contribution in [3.63, 3.8) is 0 Å². The van der Waals surface area contributed by atoms with Crippen molar-refractivity contribution in [1.29, 1.82) is 0 Å². The fraction of sp³-hybridized carbons (Fsp3) is 0.194. The van der Waals surface area contributed by atoms with Gasteiger partial charge in [-0.1, -0.05) is 6.07 Å². The minimum absolute atomic E-state index is 0.197. The molecule has 3 aromatic heterocycles. The first-order valence-electron chi connectivity index (χ1n) is 13.2. The van der Waals surface area contributed by atoms with Crippen LogP contribution in [0.15, 0.2) is 85.5 Å². The lowest BCUT2D eigenvalue weighted by Crippen LogP contribution is -2.35. The number of pyridine rings is 2. The van der Waals surface area contributed by atoms with Crippen molar-refractivity contribution in [3.8, 4) is 22.8 Å². The molecule has 3 N–H and O–H groups in total. The number of hydrogen-bond donors (Lipinski definition) is 3. The second-order valence-electron chi connectivity index (χ2n) is 9.95. The molecule has 2 aromatic carbocycles. The molecule has 202 valence electrons. The van der Waals surface area contributed by atoms with Crippen LogP contribution in [0.1, 0.15) is 28.8 Å². The van der Waals surface area contributed by atoms with Crippen LogP contribution in [0.25, 0.3) is 22.0 Å². The average molecular weight is 538 g/mol. The first-order valence-corrected chi connectivity index (χ1v) is 13.2. The number of benzene rings is 2. The monoisotopic (exact) mass is 537 g/mol. The molecule has 9 heteroatoms. The summed E-state index contributed by atoms with van der Waals surface area (Å²) in [6.45, 7) is 2.53. The number of aromatic amines is 1. The van der Waals surface area contributed by atoms with E-state index in [2.05, 4.69) is 31.2 Å². The number of carbonyl (C=O) groups is 1. The Bertz CT molecular complexity index is 1630. The molecule has 0 radical (unpaired) electrons. The first-order chi connectivity index (χ1) is 19.5. The van der Waals surface area contributed by atoms with Gasteiger partial charge < -0.3 is 20.1 Å². The molecule has 0 saturated carbocycles. The number of fused-ring (bicyclic) bond motifs is 1. The normalized spacial score (nSPS) is 14.3. The summed E-state index contributed by atoms with van der Waals surface area (Å²) in [7, 11) is 0. The quantitative estimate of drug-likeness (QED) is 0.244. The molecule has 0 atom stereocenters. The molecule has 40 heavy (non-hydrogen) atoms. The first kappa shape index (κ1) is 25.7. The van der Waals surface area contributed by atoms with Gasteiger partial charge in [-0.25, -0.2) is 9.37 Å². The molecule has 1 saturated heterocycles. The SMILES string of the molecule is O=C(Nc1ccc(Oc2ccc(F)cc2)nc1)c1c[nH]c2ccc(-c3cncc(CN4CCC(O)CC4)c3)cc12. The Morgan fingerprint density at radius 3 is 2.62 bits per heavy atom. The molecule has 0 unspecified atom stereocenters. The molecule has 8 nitrogen and oxygen atoms in total. The van der Waals surface area contributed by atoms with E-state index in [0.717, 1.165) is 60.1 Å². The lowest BCUT2D eigenvalue weighted by molar-refractivity contribution is 0.0792. The van der Waals surface area contributed by atoms with Crippen LogP contribution in [0.2, 0.25) is 0 Å². The number of aromatic nitrogens is 3. The van der Waals surface area contributed by atoms with Crippen LogP contribution in [-0.2, 0) is 6.54 Å². The Labute approximate surface area is 230 Å². The number of anilines is 1. The molecular formula is C31H28FN5O3. The van der Waals surface area contributed by atoms with Crippen LogP contribution in [-0.4, -0.2) is 50.1 Å². The van der Waals surface area contributed by atoms with E-state index in [0.29, 0.717) is 22.9 Å². The van der Waals surface area contributed by atoms with Gasteiger partial charge in [-0.05, 0) is 72.5 Å². The summed E-state index contributed by atoms with van der Waals surface area (Å²) in [6, 6.07) is 17.1. The molecule has 0 bridgehead atoms. The number of carbonyl (C=O) groups excluding carboxylic acids is 1. The number of aliphatic hydroxyl groups excluding tert-OH is 1. The lowest BCUT2D eigenvalue weighted by atomic mass is 10.0. The highest BCUT2D eigenvalue weighted by Gasteiger charge is 2.18. The van der Waals surface area contributed by atoms with E-state index in [-0.39, 0.29) is 17.8 Å². The Morgan fingerprint density at radius 2 is 1.85 bits per heavy atom. The fourth-order valence-electron chi connectivity index (χ4n) is 4.89. The Hall–Kier alpha value is -4.60. The van der Waals surface area contributed by atoms with Crippen molar-refractivity contribution in [1.82, 2.24) is 19.9 Å². The lowest BCUT2D eigenvalue weighted by Gasteiger charge is -2.29. The van der Waals surface area contributed by atoms with Crippen molar-refractivity contribution in [2.75, 3.05) is 18.4 Å². The Balaban J connectivity index is 1.16. The predicted molar refractivity (Wildman–Crippen MR) is 151 cm³/mol. The molecule has 1 amide bonds. The van der Waals surface area contributed by atoms with Gasteiger partial charge in [0.25, 0.3) is 5.91 Å². The van der Waals surface area contributed by atoms with Gasteiger partial charge in [0.2, 0.25) is 5.88 Å². The summed E-state index contributed by atoms with van der Waals surface area (Å²) in [6.07, 6.45) is 8.32. The molecule has 0 spiro atoms. The number of ether oxygens (including phenoxy) is 1. The van der Waals surface area contributed by atoms with E-state index in [9.17, 15) is 14.3 Å². The zero-order valence-electron chi connectivity index (χ0n) is 21.7. The van der Waals surface area contributed by atoms with E-state index in [4.69, 9.17) is 4.74 Å². The van der Waals surface area contributed by atoms with Crippen molar-refractivity contribution < 1.29 is 19.0 Å². The summed E-state index contributed by atoms with van der Waals surface area (Å²) in [4.78, 5) is 27.4. The number of H-pyrrole nitrogens is 1. The van der Waals surface area contributed by atoms with Gasteiger partial charge in [0, 0.05) is 60.8 Å².